The highest BCUT2D eigenvalue weighted by Crippen LogP contribution is 2.43. The van der Waals surface area contributed by atoms with E-state index in [4.69, 9.17) is 14.0 Å². The molecule has 0 aliphatic rings. The van der Waals surface area contributed by atoms with Crippen LogP contribution in [0.1, 0.15) is 232 Å². The van der Waals surface area contributed by atoms with Crippen LogP contribution in [0.4, 0.5) is 0 Å². The minimum Gasteiger partial charge on any atom is -0.462 e. The molecule has 0 radical (unpaired) electrons. The lowest BCUT2D eigenvalue weighted by molar-refractivity contribution is -0.870. The van der Waals surface area contributed by atoms with E-state index in [1.165, 1.54) is 103 Å². The van der Waals surface area contributed by atoms with Crippen molar-refractivity contribution in [2.24, 2.45) is 0 Å². The van der Waals surface area contributed by atoms with Gasteiger partial charge in [-0.3, -0.25) is 14.2 Å². The molecule has 0 spiro atoms. The molecular formula is C54H93NO7P+. The predicted octanol–water partition coefficient (Wildman–Crippen LogP) is 13.7. The topological polar surface area (TPSA) is 99.1 Å². The van der Waals surface area contributed by atoms with E-state index in [0.29, 0.717) is 23.9 Å². The van der Waals surface area contributed by atoms with E-state index in [9.17, 15) is 19.0 Å². The smallest absolute Gasteiger partial charge is 0.332 e. The van der Waals surface area contributed by atoms with Gasteiger partial charge in [-0.2, -0.15) is 0 Å². The molecule has 0 aliphatic heterocycles. The van der Waals surface area contributed by atoms with Gasteiger partial charge in [-0.25, -0.2) is 0 Å². The van der Waals surface area contributed by atoms with Gasteiger partial charge in [0.15, 0.2) is 0 Å². The third-order valence-corrected chi connectivity index (χ3v) is 12.3. The van der Waals surface area contributed by atoms with Crippen molar-refractivity contribution < 1.29 is 37.5 Å². The first-order chi connectivity index (χ1) is 30.5. The molecule has 0 heterocycles. The first kappa shape index (κ1) is 60.3. The number of carbonyl (C=O) groups is 2. The number of carbonyl (C=O) groups excluding carboxylic acids is 2. The molecule has 360 valence electrons. The normalized spacial score (nSPS) is 12.3. The second-order valence-corrected chi connectivity index (χ2v) is 20.3. The number of quaternary nitrogens is 1. The summed E-state index contributed by atoms with van der Waals surface area (Å²) in [6.07, 6.45) is 35.2. The molecule has 0 bridgehead atoms. The molecule has 1 unspecified atom stereocenters. The molecule has 2 atom stereocenters. The first-order valence-electron chi connectivity index (χ1n) is 25.5. The highest BCUT2D eigenvalue weighted by atomic mass is 31.2. The zero-order valence-electron chi connectivity index (χ0n) is 41.2. The van der Waals surface area contributed by atoms with Crippen LogP contribution in [-0.4, -0.2) is 74.5 Å². The minimum atomic E-state index is -4.09. The molecule has 0 fully saturated rings. The summed E-state index contributed by atoms with van der Waals surface area (Å²) < 4.78 is 29.9. The van der Waals surface area contributed by atoms with Crippen molar-refractivity contribution in [3.63, 3.8) is 0 Å². The standard InChI is InChI=1S/C54H92NO7P/c1-6-8-10-12-14-16-18-20-22-24-26-28-30-32-34-36-38-40-42-44-46-53(56)60-50-52(51-63(58,59)61-49-48-55(3,4)5)62-54(57)47-45-43-41-39-37-35-33-31-29-27-25-23-21-19-17-15-13-11-9-7-2/h52H,6-23,32-51H2,1-5H3/p+1/t52-/m1/s1. The number of hydrogen-bond acceptors (Lipinski definition) is 6. The monoisotopic (exact) mass is 899 g/mol. The first-order valence-corrected chi connectivity index (χ1v) is 27.3. The Balaban J connectivity index is 4.32. The van der Waals surface area contributed by atoms with E-state index in [0.717, 1.165) is 89.9 Å². The van der Waals surface area contributed by atoms with Crippen LogP contribution in [0, 0.1) is 47.4 Å². The van der Waals surface area contributed by atoms with E-state index < -0.39 is 31.8 Å². The van der Waals surface area contributed by atoms with Gasteiger partial charge >= 0.3 is 19.5 Å². The molecule has 63 heavy (non-hydrogen) atoms. The molecule has 0 aromatic rings. The maximum absolute atomic E-state index is 12.9. The zero-order chi connectivity index (χ0) is 46.4. The lowest BCUT2D eigenvalue weighted by atomic mass is 10.1. The summed E-state index contributed by atoms with van der Waals surface area (Å²) in [5.41, 5.74) is 0. The van der Waals surface area contributed by atoms with Crippen LogP contribution >= 0.6 is 7.60 Å². The Bertz CT molecular complexity index is 1420. The van der Waals surface area contributed by atoms with Gasteiger partial charge in [0, 0.05) is 38.5 Å². The van der Waals surface area contributed by atoms with Crippen molar-refractivity contribution in [3.8, 4) is 47.4 Å². The maximum Gasteiger partial charge on any atom is 0.332 e. The largest absolute Gasteiger partial charge is 0.462 e. The Labute approximate surface area is 388 Å². The summed E-state index contributed by atoms with van der Waals surface area (Å²) in [5.74, 6) is 23.8. The maximum atomic E-state index is 12.9. The van der Waals surface area contributed by atoms with Gasteiger partial charge in [-0.15, -0.1) is 0 Å². The van der Waals surface area contributed by atoms with Gasteiger partial charge in [-0.05, 0) is 62.2 Å². The molecule has 0 aromatic heterocycles. The molecule has 0 aliphatic carbocycles. The van der Waals surface area contributed by atoms with Crippen molar-refractivity contribution in [2.75, 3.05) is 47.1 Å². The molecular weight excluding hydrogens is 806 g/mol. The van der Waals surface area contributed by atoms with Crippen molar-refractivity contribution >= 4 is 19.5 Å². The highest BCUT2D eigenvalue weighted by molar-refractivity contribution is 7.52. The van der Waals surface area contributed by atoms with Gasteiger partial charge in [0.1, 0.15) is 25.9 Å². The minimum absolute atomic E-state index is 0.0827. The van der Waals surface area contributed by atoms with Crippen LogP contribution in [-0.2, 0) is 28.2 Å². The van der Waals surface area contributed by atoms with E-state index in [-0.39, 0.29) is 26.1 Å². The van der Waals surface area contributed by atoms with Gasteiger partial charge < -0.3 is 23.4 Å². The molecule has 9 heteroatoms. The molecule has 0 saturated carbocycles. The summed E-state index contributed by atoms with van der Waals surface area (Å²) in [6, 6.07) is 0. The quantitative estimate of drug-likeness (QED) is 0.0214. The Morgan fingerprint density at radius 1 is 0.508 bits per heavy atom. The fourth-order valence-corrected chi connectivity index (χ4v) is 8.06. The predicted molar refractivity (Wildman–Crippen MR) is 264 cm³/mol. The SMILES string of the molecule is CCCCCCCCCCC#CC#CCCCCCCCCC(=O)OC[C@H](CP(=O)(O)OCC[N+](C)(C)C)OC(=O)CCCCCCCCC#CC#CCCCCCCCCCC. The van der Waals surface area contributed by atoms with Gasteiger partial charge in [0.2, 0.25) is 0 Å². The van der Waals surface area contributed by atoms with Crippen LogP contribution < -0.4 is 0 Å². The van der Waals surface area contributed by atoms with Gasteiger partial charge in [-0.1, -0.05) is 179 Å². The lowest BCUT2D eigenvalue weighted by Gasteiger charge is -2.25. The number of esters is 2. The molecule has 0 saturated heterocycles. The number of rotatable bonds is 41. The average molecular weight is 899 g/mol. The van der Waals surface area contributed by atoms with Crippen molar-refractivity contribution in [1.82, 2.24) is 0 Å². The van der Waals surface area contributed by atoms with Crippen molar-refractivity contribution in [2.45, 2.75) is 238 Å². The lowest BCUT2D eigenvalue weighted by Crippen LogP contribution is -2.37. The van der Waals surface area contributed by atoms with Gasteiger partial charge in [0.25, 0.3) is 0 Å². The Morgan fingerprint density at radius 2 is 0.841 bits per heavy atom. The van der Waals surface area contributed by atoms with E-state index in [2.05, 4.69) is 61.2 Å². The molecule has 0 rings (SSSR count). The van der Waals surface area contributed by atoms with Crippen molar-refractivity contribution in [1.29, 1.82) is 0 Å². The van der Waals surface area contributed by atoms with Crippen LogP contribution in [0.2, 0.25) is 0 Å². The molecule has 0 amide bonds. The van der Waals surface area contributed by atoms with E-state index in [1.807, 2.05) is 21.1 Å². The van der Waals surface area contributed by atoms with Crippen LogP contribution in [0.3, 0.4) is 0 Å². The number of hydrogen-bond donors (Lipinski definition) is 1. The molecule has 0 aromatic carbocycles. The van der Waals surface area contributed by atoms with Crippen LogP contribution in [0.15, 0.2) is 0 Å². The zero-order valence-corrected chi connectivity index (χ0v) is 42.1. The highest BCUT2D eigenvalue weighted by Gasteiger charge is 2.30. The molecule has 8 nitrogen and oxygen atoms in total. The second-order valence-electron chi connectivity index (χ2n) is 18.4. The molecule has 1 N–H and O–H groups in total. The summed E-state index contributed by atoms with van der Waals surface area (Å²) in [7, 11) is 1.81. The van der Waals surface area contributed by atoms with E-state index >= 15 is 0 Å². The number of ether oxygens (including phenoxy) is 2. The summed E-state index contributed by atoms with van der Waals surface area (Å²) >= 11 is 0. The Kier molecular flexibility index (Phi) is 42.6. The third kappa shape index (κ3) is 48.6. The average Bonchev–Trinajstić information content (AvgIpc) is 3.23. The number of likely N-dealkylation sites (N-methyl/N-ethyl adjacent to an activating group) is 1. The van der Waals surface area contributed by atoms with Crippen molar-refractivity contribution in [3.05, 3.63) is 0 Å². The number of unbranched alkanes of at least 4 members (excludes halogenated alkanes) is 28. The number of nitrogens with zero attached hydrogens (tertiary/aromatic N) is 1. The second kappa shape index (κ2) is 44.5. The van der Waals surface area contributed by atoms with Crippen LogP contribution in [0.5, 0.6) is 0 Å². The van der Waals surface area contributed by atoms with Crippen LogP contribution in [0.25, 0.3) is 0 Å². The Morgan fingerprint density at radius 3 is 1.21 bits per heavy atom. The fraction of sp³-hybridized carbons (Fsp3) is 0.815. The summed E-state index contributed by atoms with van der Waals surface area (Å²) in [5, 5.41) is 0. The third-order valence-electron chi connectivity index (χ3n) is 10.9. The van der Waals surface area contributed by atoms with E-state index in [1.54, 1.807) is 0 Å². The summed E-state index contributed by atoms with van der Waals surface area (Å²) in [6.45, 7) is 4.85. The Hall–Kier alpha value is -2.71. The fourth-order valence-electron chi connectivity index (χ4n) is 6.90. The van der Waals surface area contributed by atoms with Gasteiger partial charge in [0.05, 0.1) is 27.3 Å². The summed E-state index contributed by atoms with van der Waals surface area (Å²) in [4.78, 5) is 35.9.